The largest absolute Gasteiger partial charge is 0.489 e. The van der Waals surface area contributed by atoms with Gasteiger partial charge in [-0.2, -0.15) is 9.36 Å². The maximum Gasteiger partial charge on any atom is 0.368 e. The number of aryl methyl sites for hydroxylation is 2. The van der Waals surface area contributed by atoms with Crippen molar-refractivity contribution in [3.8, 4) is 23.8 Å². The third kappa shape index (κ3) is 4.42. The van der Waals surface area contributed by atoms with Crippen LogP contribution in [0.3, 0.4) is 0 Å². The number of aromatic nitrogens is 4. The van der Waals surface area contributed by atoms with Crippen LogP contribution in [0.5, 0.6) is 5.75 Å². The Morgan fingerprint density at radius 3 is 2.75 bits per heavy atom. The summed E-state index contributed by atoms with van der Waals surface area (Å²) in [5.41, 5.74) is 5.20. The van der Waals surface area contributed by atoms with E-state index in [4.69, 9.17) is 16.0 Å². The van der Waals surface area contributed by atoms with Gasteiger partial charge in [0.25, 0.3) is 0 Å². The van der Waals surface area contributed by atoms with Gasteiger partial charge < -0.3 is 9.57 Å². The molecule has 1 aromatic heterocycles. The normalized spacial score (nSPS) is 13.6. The van der Waals surface area contributed by atoms with Crippen molar-refractivity contribution >= 4 is 5.71 Å². The van der Waals surface area contributed by atoms with Crippen molar-refractivity contribution < 1.29 is 9.57 Å². The smallest absolute Gasteiger partial charge is 0.368 e. The first-order valence-corrected chi connectivity index (χ1v) is 10.4. The van der Waals surface area contributed by atoms with Gasteiger partial charge in [-0.1, -0.05) is 23.2 Å². The third-order valence-electron chi connectivity index (χ3n) is 5.47. The lowest BCUT2D eigenvalue weighted by molar-refractivity contribution is 0.180. The summed E-state index contributed by atoms with van der Waals surface area (Å²) in [6.45, 7) is 4.30. The molecular formula is C24H25N5O3. The van der Waals surface area contributed by atoms with Gasteiger partial charge in [-0.25, -0.2) is 4.79 Å². The Morgan fingerprint density at radius 2 is 2.09 bits per heavy atom. The Kier molecular flexibility index (Phi) is 6.08. The highest BCUT2D eigenvalue weighted by Gasteiger charge is 2.28. The Balaban J connectivity index is 1.60. The first-order valence-electron chi connectivity index (χ1n) is 10.4. The number of ether oxygens (including phenoxy) is 1. The molecule has 1 fully saturated rings. The fourth-order valence-corrected chi connectivity index (χ4v) is 3.59. The van der Waals surface area contributed by atoms with Crippen LogP contribution < -0.4 is 10.4 Å². The number of hydrogen-bond donors (Lipinski definition) is 0. The van der Waals surface area contributed by atoms with E-state index in [2.05, 4.69) is 27.6 Å². The molecule has 0 N–H and O–H groups in total. The number of oxime groups is 1. The van der Waals surface area contributed by atoms with E-state index in [1.165, 1.54) is 14.9 Å². The highest BCUT2D eigenvalue weighted by atomic mass is 16.6. The molecule has 2 aromatic carbocycles. The lowest BCUT2D eigenvalue weighted by atomic mass is 10.0. The van der Waals surface area contributed by atoms with E-state index in [-0.39, 0.29) is 12.3 Å². The van der Waals surface area contributed by atoms with Crippen LogP contribution in [0.1, 0.15) is 47.9 Å². The summed E-state index contributed by atoms with van der Waals surface area (Å²) in [4.78, 5) is 17.5. The zero-order valence-corrected chi connectivity index (χ0v) is 18.4. The minimum absolute atomic E-state index is 0.134. The third-order valence-corrected chi connectivity index (χ3v) is 5.47. The number of terminal acetylenes is 1. The molecule has 0 spiro atoms. The second kappa shape index (κ2) is 9.10. The maximum atomic E-state index is 12.5. The molecule has 4 rings (SSSR count). The molecule has 0 amide bonds. The van der Waals surface area contributed by atoms with Crippen molar-refractivity contribution in [3.05, 3.63) is 69.1 Å². The van der Waals surface area contributed by atoms with Crippen molar-refractivity contribution in [1.29, 1.82) is 0 Å². The van der Waals surface area contributed by atoms with Crippen LogP contribution in [0.2, 0.25) is 0 Å². The molecule has 3 aromatic rings. The lowest BCUT2D eigenvalue weighted by Crippen LogP contribution is -2.23. The molecule has 1 saturated carbocycles. The minimum Gasteiger partial charge on any atom is -0.489 e. The van der Waals surface area contributed by atoms with E-state index in [0.717, 1.165) is 41.0 Å². The van der Waals surface area contributed by atoms with Crippen LogP contribution in [0.4, 0.5) is 0 Å². The number of nitrogens with zero attached hydrogens (tertiary/aromatic N) is 5. The molecule has 0 atom stereocenters. The average Bonchev–Trinajstić information content (AvgIpc) is 3.58. The van der Waals surface area contributed by atoms with E-state index in [0.29, 0.717) is 18.2 Å². The van der Waals surface area contributed by atoms with Gasteiger partial charge in [0.2, 0.25) is 0 Å². The molecule has 8 heteroatoms. The highest BCUT2D eigenvalue weighted by Crippen LogP contribution is 2.43. The van der Waals surface area contributed by atoms with Gasteiger partial charge in [0.05, 0.1) is 11.4 Å². The summed E-state index contributed by atoms with van der Waals surface area (Å²) in [5.74, 6) is 3.64. The summed E-state index contributed by atoms with van der Waals surface area (Å²) < 4.78 is 8.76. The summed E-state index contributed by atoms with van der Waals surface area (Å²) in [6, 6.07) is 11.8. The molecule has 1 aliphatic carbocycles. The molecule has 0 aliphatic heterocycles. The van der Waals surface area contributed by atoms with Gasteiger partial charge in [-0.3, -0.25) is 0 Å². The Morgan fingerprint density at radius 1 is 1.28 bits per heavy atom. The summed E-state index contributed by atoms with van der Waals surface area (Å²) in [6.07, 6.45) is 7.46. The molecule has 164 valence electrons. The van der Waals surface area contributed by atoms with Crippen LogP contribution in [0.15, 0.2) is 46.3 Å². The molecule has 1 heterocycles. The molecule has 0 saturated heterocycles. The quantitative estimate of drug-likeness (QED) is 0.237. The molecule has 8 nitrogen and oxygen atoms in total. The van der Waals surface area contributed by atoms with Gasteiger partial charge in [-0.15, -0.1) is 6.42 Å². The Hall–Kier alpha value is -3.86. The molecule has 0 bridgehead atoms. The van der Waals surface area contributed by atoms with E-state index in [9.17, 15) is 4.79 Å². The van der Waals surface area contributed by atoms with Crippen molar-refractivity contribution in [3.63, 3.8) is 0 Å². The van der Waals surface area contributed by atoms with E-state index >= 15 is 0 Å². The Labute approximate surface area is 186 Å². The van der Waals surface area contributed by atoms with Crippen LogP contribution in [0.25, 0.3) is 5.69 Å². The number of benzene rings is 2. The lowest BCUT2D eigenvalue weighted by Gasteiger charge is -2.16. The molecule has 0 unspecified atom stereocenters. The second-order valence-corrected chi connectivity index (χ2v) is 7.84. The second-order valence-electron chi connectivity index (χ2n) is 7.84. The van der Waals surface area contributed by atoms with Crippen molar-refractivity contribution in [2.24, 2.45) is 12.2 Å². The minimum atomic E-state index is -0.290. The summed E-state index contributed by atoms with van der Waals surface area (Å²) >= 11 is 0. The topological polar surface area (TPSA) is 83.5 Å². The van der Waals surface area contributed by atoms with Crippen molar-refractivity contribution in [2.45, 2.75) is 39.2 Å². The first-order chi connectivity index (χ1) is 15.5. The van der Waals surface area contributed by atoms with Crippen molar-refractivity contribution in [2.75, 3.05) is 6.61 Å². The number of tetrazole rings is 1. The molecular weight excluding hydrogens is 406 g/mol. The maximum absolute atomic E-state index is 12.5. The highest BCUT2D eigenvalue weighted by molar-refractivity contribution is 5.98. The molecule has 32 heavy (non-hydrogen) atoms. The van der Waals surface area contributed by atoms with Crippen LogP contribution in [-0.4, -0.2) is 32.1 Å². The zero-order valence-electron chi connectivity index (χ0n) is 18.4. The van der Waals surface area contributed by atoms with E-state index < -0.39 is 0 Å². The van der Waals surface area contributed by atoms with Gasteiger partial charge in [-0.05, 0) is 84.0 Å². The standard InChI is InChI=1S/C24H25N5O3/c1-5-13-32-25-17(3)19-11-12-23(16(2)14-19)31-15-21-20(18-9-10-18)7-6-8-22(21)29-24(30)28(4)26-27-29/h1,6-8,11-12,14,18H,9-10,13,15H2,2-4H3. The van der Waals surface area contributed by atoms with Crippen LogP contribution >= 0.6 is 0 Å². The number of rotatable bonds is 8. The monoisotopic (exact) mass is 431 g/mol. The van der Waals surface area contributed by atoms with E-state index in [1.807, 2.05) is 44.2 Å². The fourth-order valence-electron chi connectivity index (χ4n) is 3.59. The zero-order chi connectivity index (χ0) is 22.7. The number of hydrogen-bond acceptors (Lipinski definition) is 6. The SMILES string of the molecule is C#CCON=C(C)c1ccc(OCc2c(C3CC3)cccc2-n2nnn(C)c2=O)c(C)c1. The Bertz CT molecular complexity index is 1260. The summed E-state index contributed by atoms with van der Waals surface area (Å²) in [5, 5.41) is 11.9. The van der Waals surface area contributed by atoms with Gasteiger partial charge in [0.15, 0.2) is 6.61 Å². The van der Waals surface area contributed by atoms with Gasteiger partial charge >= 0.3 is 5.69 Å². The van der Waals surface area contributed by atoms with Gasteiger partial charge in [0.1, 0.15) is 12.4 Å². The average molecular weight is 431 g/mol. The van der Waals surface area contributed by atoms with Crippen molar-refractivity contribution in [1.82, 2.24) is 19.8 Å². The predicted molar refractivity (Wildman–Crippen MR) is 121 cm³/mol. The van der Waals surface area contributed by atoms with Crippen LogP contribution in [0, 0.1) is 19.3 Å². The first kappa shape index (κ1) is 21.4. The fraction of sp³-hybridized carbons (Fsp3) is 0.333. The molecule has 0 radical (unpaired) electrons. The predicted octanol–water partition coefficient (Wildman–Crippen LogP) is 3.10. The molecule has 1 aliphatic rings. The van der Waals surface area contributed by atoms with Crippen LogP contribution in [-0.2, 0) is 18.5 Å². The van der Waals surface area contributed by atoms with Gasteiger partial charge in [0, 0.05) is 12.6 Å². The summed E-state index contributed by atoms with van der Waals surface area (Å²) in [7, 11) is 1.58. The van der Waals surface area contributed by atoms with E-state index in [1.54, 1.807) is 7.05 Å².